The fourth-order valence-corrected chi connectivity index (χ4v) is 3.97. The van der Waals surface area contributed by atoms with Crippen LogP contribution in [0.5, 0.6) is 23.0 Å². The molecule has 0 heterocycles. The van der Waals surface area contributed by atoms with E-state index in [2.05, 4.69) is 0 Å². The molecule has 0 bridgehead atoms. The number of unbranched alkanes of at least 4 members (excludes halogenated alkanes) is 1. The molecule has 204 valence electrons. The second-order valence-electron chi connectivity index (χ2n) is 9.44. The highest BCUT2D eigenvalue weighted by Gasteiger charge is 2.38. The molecule has 39 heavy (non-hydrogen) atoms. The summed E-state index contributed by atoms with van der Waals surface area (Å²) < 4.78 is 25.3. The van der Waals surface area contributed by atoms with Gasteiger partial charge < -0.3 is 41.9 Å². The van der Waals surface area contributed by atoms with E-state index in [1.807, 2.05) is 31.2 Å². The molecule has 0 saturated heterocycles. The van der Waals surface area contributed by atoms with Gasteiger partial charge in [-0.15, -0.1) is 0 Å². The van der Waals surface area contributed by atoms with E-state index in [-0.39, 0.29) is 6.10 Å². The zero-order valence-electron chi connectivity index (χ0n) is 22.1. The van der Waals surface area contributed by atoms with Gasteiger partial charge in [-0.2, -0.15) is 0 Å². The van der Waals surface area contributed by atoms with E-state index >= 15 is 0 Å². The van der Waals surface area contributed by atoms with Crippen molar-refractivity contribution in [2.45, 2.75) is 44.7 Å². The van der Waals surface area contributed by atoms with Gasteiger partial charge in [-0.1, -0.05) is 0 Å². The van der Waals surface area contributed by atoms with E-state index in [1.54, 1.807) is 72.8 Å². The van der Waals surface area contributed by atoms with Crippen LogP contribution in [-0.2, 0) is 0 Å². The molecule has 4 rings (SSSR count). The third-order valence-electron chi connectivity index (χ3n) is 6.02. The zero-order valence-corrected chi connectivity index (χ0v) is 22.1. The van der Waals surface area contributed by atoms with Gasteiger partial charge in [0.05, 0.1) is 12.5 Å². The molecule has 4 aromatic carbocycles. The van der Waals surface area contributed by atoms with Crippen molar-refractivity contribution in [3.63, 3.8) is 0 Å². The minimum absolute atomic E-state index is 0.0112. The van der Waals surface area contributed by atoms with Gasteiger partial charge in [0.25, 0.3) is 0 Å². The first-order valence-electron chi connectivity index (χ1n) is 12.9. The van der Waals surface area contributed by atoms with E-state index in [9.17, 15) is 0 Å². The molecule has 0 aromatic heterocycles. The molecule has 8 nitrogen and oxygen atoms in total. The predicted octanol–water partition coefficient (Wildman–Crippen LogP) is 6.23. The molecule has 1 atom stereocenters. The van der Waals surface area contributed by atoms with Crippen molar-refractivity contribution >= 4 is 22.7 Å². The van der Waals surface area contributed by atoms with Crippen LogP contribution in [0.25, 0.3) is 0 Å². The first-order chi connectivity index (χ1) is 18.8. The normalized spacial score (nSPS) is 11.9. The van der Waals surface area contributed by atoms with Crippen LogP contribution in [0.2, 0.25) is 0 Å². The summed E-state index contributed by atoms with van der Waals surface area (Å²) in [5.74, 6) is 0.958. The van der Waals surface area contributed by atoms with E-state index in [1.165, 1.54) is 0 Å². The molecule has 0 spiro atoms. The molecule has 0 saturated carbocycles. The Morgan fingerprint density at radius 1 is 0.513 bits per heavy atom. The third-order valence-corrected chi connectivity index (χ3v) is 6.02. The quantitative estimate of drug-likeness (QED) is 0.0908. The van der Waals surface area contributed by atoms with Crippen LogP contribution in [0.15, 0.2) is 97.1 Å². The minimum Gasteiger partial charge on any atom is -0.491 e. The smallest absolute Gasteiger partial charge is 0.417 e. The Kier molecular flexibility index (Phi) is 8.89. The molecule has 0 aliphatic rings. The number of benzene rings is 4. The van der Waals surface area contributed by atoms with Gasteiger partial charge in [0.1, 0.15) is 23.0 Å². The number of nitrogens with two attached hydrogens (primary N) is 4. The number of nitrogen functional groups attached to an aromatic ring is 4. The highest BCUT2D eigenvalue weighted by atomic mass is 16.9. The Bertz CT molecular complexity index is 1180. The SMILES string of the molecule is CC(CCCCC(Oc1ccc(N)cc1)(Oc1ccc(N)cc1)Oc1ccc(N)cc1)Oc1ccc(N)cc1. The van der Waals surface area contributed by atoms with E-state index < -0.39 is 5.97 Å². The number of hydrogen-bond acceptors (Lipinski definition) is 8. The van der Waals surface area contributed by atoms with Crippen LogP contribution in [0.3, 0.4) is 0 Å². The Balaban J connectivity index is 1.52. The van der Waals surface area contributed by atoms with Crippen LogP contribution in [0, 0.1) is 0 Å². The number of ether oxygens (including phenoxy) is 4. The Labute approximate surface area is 229 Å². The van der Waals surface area contributed by atoms with Gasteiger partial charge in [0, 0.05) is 22.7 Å². The predicted molar refractivity (Wildman–Crippen MR) is 157 cm³/mol. The molecule has 8 heteroatoms. The summed E-state index contributed by atoms with van der Waals surface area (Å²) >= 11 is 0. The fraction of sp³-hybridized carbons (Fsp3) is 0.226. The maximum absolute atomic E-state index is 6.43. The van der Waals surface area contributed by atoms with Gasteiger partial charge in [-0.25, -0.2) is 0 Å². The van der Waals surface area contributed by atoms with Gasteiger partial charge >= 0.3 is 5.97 Å². The molecule has 0 amide bonds. The molecular formula is C31H36N4O4. The summed E-state index contributed by atoms with van der Waals surface area (Å²) in [6, 6.07) is 28.7. The molecule has 0 aliphatic carbocycles. The Hall–Kier alpha value is -4.72. The average molecular weight is 529 g/mol. The summed E-state index contributed by atoms with van der Waals surface area (Å²) in [6.45, 7) is 2.05. The third kappa shape index (κ3) is 8.39. The van der Waals surface area contributed by atoms with Crippen molar-refractivity contribution in [3.8, 4) is 23.0 Å². The summed E-state index contributed by atoms with van der Waals surface area (Å²) in [5, 5.41) is 0. The molecule has 0 fully saturated rings. The van der Waals surface area contributed by atoms with E-state index in [4.69, 9.17) is 41.9 Å². The number of anilines is 4. The topological polar surface area (TPSA) is 141 Å². The second kappa shape index (κ2) is 12.7. The first kappa shape index (κ1) is 27.3. The molecule has 4 aromatic rings. The van der Waals surface area contributed by atoms with Gasteiger partial charge in [0.15, 0.2) is 0 Å². The Morgan fingerprint density at radius 3 is 1.21 bits per heavy atom. The zero-order chi connectivity index (χ0) is 27.7. The van der Waals surface area contributed by atoms with Crippen molar-refractivity contribution in [1.29, 1.82) is 0 Å². The van der Waals surface area contributed by atoms with Crippen molar-refractivity contribution in [3.05, 3.63) is 97.1 Å². The molecule has 8 N–H and O–H groups in total. The average Bonchev–Trinajstić information content (AvgIpc) is 2.92. The van der Waals surface area contributed by atoms with Crippen LogP contribution < -0.4 is 41.9 Å². The van der Waals surface area contributed by atoms with Crippen molar-refractivity contribution in [2.75, 3.05) is 22.9 Å². The number of hydrogen-bond donors (Lipinski definition) is 4. The van der Waals surface area contributed by atoms with E-state index in [0.717, 1.165) is 25.0 Å². The van der Waals surface area contributed by atoms with Gasteiger partial charge in [0.2, 0.25) is 0 Å². The maximum Gasteiger partial charge on any atom is 0.417 e. The monoisotopic (exact) mass is 528 g/mol. The fourth-order valence-electron chi connectivity index (χ4n) is 3.97. The molecule has 0 radical (unpaired) electrons. The second-order valence-corrected chi connectivity index (χ2v) is 9.44. The largest absolute Gasteiger partial charge is 0.491 e. The van der Waals surface area contributed by atoms with Crippen molar-refractivity contribution < 1.29 is 18.9 Å². The summed E-state index contributed by atoms with van der Waals surface area (Å²) in [6.07, 6.45) is 2.83. The Morgan fingerprint density at radius 2 is 0.846 bits per heavy atom. The summed E-state index contributed by atoms with van der Waals surface area (Å²) in [7, 11) is 0. The lowest BCUT2D eigenvalue weighted by atomic mass is 10.1. The molecule has 0 aliphatic heterocycles. The van der Waals surface area contributed by atoms with Gasteiger partial charge in [-0.05, 0) is 123 Å². The van der Waals surface area contributed by atoms with Crippen LogP contribution >= 0.6 is 0 Å². The lowest BCUT2D eigenvalue weighted by molar-refractivity contribution is -0.257. The lowest BCUT2D eigenvalue weighted by Gasteiger charge is -2.34. The standard InChI is InChI=1S/C31H36N4O4/c1-22(36-27-13-5-23(32)6-14-27)4-2-3-21-31(37-28-15-7-24(33)8-16-28,38-29-17-9-25(34)10-18-29)39-30-19-11-26(35)12-20-30/h5-20,22H,2-4,21,32-35H2,1H3. The van der Waals surface area contributed by atoms with Crippen LogP contribution in [0.4, 0.5) is 22.7 Å². The van der Waals surface area contributed by atoms with Crippen molar-refractivity contribution in [1.82, 2.24) is 0 Å². The highest BCUT2D eigenvalue weighted by Crippen LogP contribution is 2.32. The number of rotatable bonds is 13. The summed E-state index contributed by atoms with van der Waals surface area (Å²) in [4.78, 5) is 0. The van der Waals surface area contributed by atoms with Crippen LogP contribution in [0.1, 0.15) is 32.6 Å². The lowest BCUT2D eigenvalue weighted by Crippen LogP contribution is -2.48. The first-order valence-corrected chi connectivity index (χ1v) is 12.9. The molecular weight excluding hydrogens is 492 g/mol. The molecule has 1 unspecified atom stereocenters. The summed E-state index contributed by atoms with van der Waals surface area (Å²) in [5.41, 5.74) is 26.0. The van der Waals surface area contributed by atoms with Crippen molar-refractivity contribution in [2.24, 2.45) is 0 Å². The minimum atomic E-state index is -1.48. The van der Waals surface area contributed by atoms with E-state index in [0.29, 0.717) is 46.4 Å². The van der Waals surface area contributed by atoms with Gasteiger partial charge in [-0.3, -0.25) is 0 Å². The van der Waals surface area contributed by atoms with Crippen LogP contribution in [-0.4, -0.2) is 12.1 Å². The maximum atomic E-state index is 6.43. The highest BCUT2D eigenvalue weighted by molar-refractivity contribution is 5.44.